The van der Waals surface area contributed by atoms with Gasteiger partial charge in [-0.2, -0.15) is 13.2 Å². The molecule has 0 bridgehead atoms. The summed E-state index contributed by atoms with van der Waals surface area (Å²) in [5.74, 6) is 0. The molecule has 1 aromatic carbocycles. The van der Waals surface area contributed by atoms with Crippen LogP contribution in [0.3, 0.4) is 0 Å². The lowest BCUT2D eigenvalue weighted by Gasteiger charge is -2.10. The Bertz CT molecular complexity index is 684. The molecule has 1 N–H and O–H groups in total. The zero-order valence-electron chi connectivity index (χ0n) is 9.69. The van der Waals surface area contributed by atoms with Gasteiger partial charge in [0.2, 0.25) is 0 Å². The summed E-state index contributed by atoms with van der Waals surface area (Å²) in [6.45, 7) is -0.389. The Morgan fingerprint density at radius 1 is 1.50 bits per heavy atom. The molecular weight excluding hydrogens is 303 g/mol. The van der Waals surface area contributed by atoms with Gasteiger partial charge in [0, 0.05) is 6.54 Å². The number of benzene rings is 1. The molecule has 2 rings (SSSR count). The second kappa shape index (κ2) is 4.91. The van der Waals surface area contributed by atoms with Gasteiger partial charge in [0.1, 0.15) is 10.5 Å². The van der Waals surface area contributed by atoms with Gasteiger partial charge >= 0.3 is 11.9 Å². The third kappa shape index (κ3) is 2.29. The van der Waals surface area contributed by atoms with Gasteiger partial charge in [-0.15, -0.1) is 0 Å². The van der Waals surface area contributed by atoms with Crippen LogP contribution in [0.1, 0.15) is 5.56 Å². The first-order valence-corrected chi connectivity index (χ1v) is 5.65. The van der Waals surface area contributed by atoms with Crippen LogP contribution in [0.2, 0.25) is 5.02 Å². The topological polar surface area (TPSA) is 81.2 Å². The first kappa shape index (κ1) is 14.5. The highest BCUT2D eigenvalue weighted by molar-refractivity contribution is 6.34. The largest absolute Gasteiger partial charge is 0.418 e. The van der Waals surface area contributed by atoms with Crippen molar-refractivity contribution in [1.82, 2.24) is 9.55 Å². The second-order valence-corrected chi connectivity index (χ2v) is 4.25. The third-order valence-corrected chi connectivity index (χ3v) is 3.03. The van der Waals surface area contributed by atoms with Crippen LogP contribution in [0.5, 0.6) is 0 Å². The number of rotatable bonds is 3. The van der Waals surface area contributed by atoms with Crippen LogP contribution < -0.4 is 0 Å². The minimum absolute atomic E-state index is 0.0426. The molecule has 1 aromatic heterocycles. The lowest BCUT2D eigenvalue weighted by Crippen LogP contribution is -2.09. The molecule has 0 aliphatic heterocycles. The molecule has 1 heterocycles. The molecule has 20 heavy (non-hydrogen) atoms. The highest BCUT2D eigenvalue weighted by atomic mass is 35.5. The van der Waals surface area contributed by atoms with Gasteiger partial charge in [-0.05, 0) is 6.07 Å². The summed E-state index contributed by atoms with van der Waals surface area (Å²) in [5, 5.41) is 18.9. The summed E-state index contributed by atoms with van der Waals surface area (Å²) in [6, 6.07) is 0.651. The van der Waals surface area contributed by atoms with E-state index < -0.39 is 27.4 Å². The van der Waals surface area contributed by atoms with E-state index in [0.29, 0.717) is 6.07 Å². The minimum Gasteiger partial charge on any atom is -0.395 e. The number of imidazole rings is 1. The van der Waals surface area contributed by atoms with Gasteiger partial charge in [0.15, 0.2) is 0 Å². The Hall–Kier alpha value is -1.87. The molecule has 0 unspecified atom stereocenters. The lowest BCUT2D eigenvalue weighted by molar-refractivity contribution is -0.383. The lowest BCUT2D eigenvalue weighted by atomic mass is 10.1. The van der Waals surface area contributed by atoms with Crippen molar-refractivity contribution < 1.29 is 23.2 Å². The molecule has 0 atom stereocenters. The van der Waals surface area contributed by atoms with Crippen molar-refractivity contribution >= 4 is 28.3 Å². The molecule has 0 amide bonds. The summed E-state index contributed by atoms with van der Waals surface area (Å²) in [4.78, 5) is 13.7. The van der Waals surface area contributed by atoms with Crippen LogP contribution >= 0.6 is 11.6 Å². The summed E-state index contributed by atoms with van der Waals surface area (Å²) < 4.78 is 39.6. The third-order valence-electron chi connectivity index (χ3n) is 2.64. The zero-order valence-corrected chi connectivity index (χ0v) is 10.4. The number of nitrogens with zero attached hydrogens (tertiary/aromatic N) is 3. The maximum atomic E-state index is 12.8. The molecule has 0 aliphatic carbocycles. The number of alkyl halides is 3. The first-order valence-electron chi connectivity index (χ1n) is 5.27. The van der Waals surface area contributed by atoms with Crippen molar-refractivity contribution in [3.63, 3.8) is 0 Å². The Morgan fingerprint density at radius 3 is 2.65 bits per heavy atom. The smallest absolute Gasteiger partial charge is 0.395 e. The highest BCUT2D eigenvalue weighted by Crippen LogP contribution is 2.43. The van der Waals surface area contributed by atoms with Gasteiger partial charge in [0.05, 0.1) is 28.9 Å². The average Bonchev–Trinajstić information content (AvgIpc) is 2.70. The number of hydrogen-bond donors (Lipinski definition) is 1. The predicted molar refractivity (Wildman–Crippen MR) is 63.5 cm³/mol. The fraction of sp³-hybridized carbons (Fsp3) is 0.300. The van der Waals surface area contributed by atoms with E-state index >= 15 is 0 Å². The number of nitro groups is 1. The van der Waals surface area contributed by atoms with E-state index in [2.05, 4.69) is 4.98 Å². The van der Waals surface area contributed by atoms with Crippen LogP contribution in [0.4, 0.5) is 18.9 Å². The first-order chi connectivity index (χ1) is 9.27. The van der Waals surface area contributed by atoms with Crippen LogP contribution in [-0.2, 0) is 12.7 Å². The van der Waals surface area contributed by atoms with E-state index in [1.807, 2.05) is 0 Å². The molecule has 108 valence electrons. The Balaban J connectivity index is 2.86. The van der Waals surface area contributed by atoms with Crippen LogP contribution in [0.25, 0.3) is 11.0 Å². The number of aliphatic hydroxyl groups excluding tert-OH is 1. The molecule has 0 aliphatic rings. The number of fused-ring (bicyclic) bond motifs is 1. The number of aromatic nitrogens is 2. The summed E-state index contributed by atoms with van der Waals surface area (Å²) in [6.07, 6.45) is -3.71. The van der Waals surface area contributed by atoms with Crippen molar-refractivity contribution in [2.24, 2.45) is 0 Å². The maximum absolute atomic E-state index is 12.8. The quantitative estimate of drug-likeness (QED) is 0.698. The van der Waals surface area contributed by atoms with E-state index in [4.69, 9.17) is 16.7 Å². The standard InChI is InChI=1S/C10H7ClF3N3O3/c11-7-5(10(12,13)14)3-6-8(9(7)17(19)20)16(1-2-18)4-15-6/h3-4,18H,1-2H2. The molecule has 2 aromatic rings. The van der Waals surface area contributed by atoms with Gasteiger partial charge in [0.25, 0.3) is 0 Å². The van der Waals surface area contributed by atoms with Crippen LogP contribution in [-0.4, -0.2) is 26.2 Å². The van der Waals surface area contributed by atoms with Crippen molar-refractivity contribution in [3.8, 4) is 0 Å². The van der Waals surface area contributed by atoms with Gasteiger partial charge in [-0.25, -0.2) is 4.98 Å². The zero-order chi connectivity index (χ0) is 15.1. The van der Waals surface area contributed by atoms with E-state index in [9.17, 15) is 23.3 Å². The average molecular weight is 310 g/mol. The molecule has 6 nitrogen and oxygen atoms in total. The van der Waals surface area contributed by atoms with Crippen LogP contribution in [0.15, 0.2) is 12.4 Å². The Kier molecular flexibility index (Phi) is 3.57. The molecule has 0 spiro atoms. The van der Waals surface area contributed by atoms with Crippen molar-refractivity contribution in [3.05, 3.63) is 33.1 Å². The predicted octanol–water partition coefficient (Wildman–Crippen LogP) is 2.61. The minimum atomic E-state index is -4.82. The molecule has 10 heteroatoms. The summed E-state index contributed by atoms with van der Waals surface area (Å²) >= 11 is 5.53. The van der Waals surface area contributed by atoms with Gasteiger partial charge in [-0.3, -0.25) is 10.1 Å². The highest BCUT2D eigenvalue weighted by Gasteiger charge is 2.38. The number of halogens is 4. The number of nitro benzene ring substituents is 1. The van der Waals surface area contributed by atoms with E-state index in [-0.39, 0.29) is 24.2 Å². The van der Waals surface area contributed by atoms with Gasteiger partial charge < -0.3 is 9.67 Å². The Labute approximate surface area is 114 Å². The van der Waals surface area contributed by atoms with Crippen molar-refractivity contribution in [1.29, 1.82) is 0 Å². The Morgan fingerprint density at radius 2 is 2.15 bits per heavy atom. The van der Waals surface area contributed by atoms with E-state index in [1.165, 1.54) is 4.57 Å². The summed E-state index contributed by atoms with van der Waals surface area (Å²) in [5.41, 5.74) is -2.54. The maximum Gasteiger partial charge on any atom is 0.418 e. The number of hydrogen-bond acceptors (Lipinski definition) is 4. The van der Waals surface area contributed by atoms with Crippen molar-refractivity contribution in [2.75, 3.05) is 6.61 Å². The fourth-order valence-corrected chi connectivity index (χ4v) is 2.16. The van der Waals surface area contributed by atoms with E-state index in [0.717, 1.165) is 6.33 Å². The van der Waals surface area contributed by atoms with Crippen LogP contribution in [0, 0.1) is 10.1 Å². The number of aliphatic hydroxyl groups is 1. The van der Waals surface area contributed by atoms with Gasteiger partial charge in [-0.1, -0.05) is 11.6 Å². The fourth-order valence-electron chi connectivity index (χ4n) is 1.84. The molecular formula is C10H7ClF3N3O3. The monoisotopic (exact) mass is 309 g/mol. The second-order valence-electron chi connectivity index (χ2n) is 3.87. The summed E-state index contributed by atoms with van der Waals surface area (Å²) in [7, 11) is 0. The molecule has 0 radical (unpaired) electrons. The van der Waals surface area contributed by atoms with E-state index in [1.54, 1.807) is 0 Å². The molecule has 0 saturated heterocycles. The molecule has 0 fully saturated rings. The SMILES string of the molecule is O=[N+]([O-])c1c(Cl)c(C(F)(F)F)cc2ncn(CCO)c12. The van der Waals surface area contributed by atoms with Crippen molar-refractivity contribution in [2.45, 2.75) is 12.7 Å². The normalized spacial score (nSPS) is 12.1. The molecule has 0 saturated carbocycles.